The number of nitrogens with zero attached hydrogens (tertiary/aromatic N) is 3. The van der Waals surface area contributed by atoms with Gasteiger partial charge in [-0.05, 0) is 52.6 Å². The Morgan fingerprint density at radius 1 is 0.641 bits per heavy atom. The van der Waals surface area contributed by atoms with Crippen LogP contribution >= 0.6 is 0 Å². The van der Waals surface area contributed by atoms with Crippen LogP contribution in [0.1, 0.15) is 35.1 Å². The topological polar surface area (TPSA) is 11.0 Å². The third kappa shape index (κ3) is 4.23. The van der Waals surface area contributed by atoms with E-state index in [0.29, 0.717) is 0 Å². The van der Waals surface area contributed by atoms with E-state index < -0.39 is 0 Å². The molecule has 39 heavy (non-hydrogen) atoms. The van der Waals surface area contributed by atoms with E-state index in [1.807, 2.05) is 0 Å². The molecule has 0 radical (unpaired) electrons. The van der Waals surface area contributed by atoms with Crippen LogP contribution in [0.3, 0.4) is 0 Å². The van der Waals surface area contributed by atoms with Crippen LogP contribution in [0.5, 0.6) is 0 Å². The third-order valence-corrected chi connectivity index (χ3v) is 8.45. The van der Waals surface area contributed by atoms with Crippen molar-refractivity contribution in [3.63, 3.8) is 0 Å². The summed E-state index contributed by atoms with van der Waals surface area (Å²) in [6, 6.07) is 29.3. The van der Waals surface area contributed by atoms with Crippen LogP contribution in [0.2, 0.25) is 0 Å². The third-order valence-electron chi connectivity index (χ3n) is 8.45. The summed E-state index contributed by atoms with van der Waals surface area (Å²) in [7, 11) is 4.22. The van der Waals surface area contributed by atoms with E-state index in [9.17, 15) is 0 Å². The summed E-state index contributed by atoms with van der Waals surface area (Å²) in [6.45, 7) is 2.12. The van der Waals surface area contributed by atoms with Gasteiger partial charge in [0.15, 0.2) is 12.4 Å². The maximum absolute atomic E-state index is 2.48. The van der Waals surface area contributed by atoms with E-state index in [1.165, 1.54) is 67.6 Å². The number of benzene rings is 3. The van der Waals surface area contributed by atoms with Crippen LogP contribution in [-0.2, 0) is 25.9 Å². The summed E-state index contributed by atoms with van der Waals surface area (Å²) in [5.74, 6) is 0. The van der Waals surface area contributed by atoms with Crippen LogP contribution in [0.15, 0.2) is 91.3 Å². The maximum atomic E-state index is 2.48. The van der Waals surface area contributed by atoms with Crippen molar-refractivity contribution in [2.45, 2.75) is 38.8 Å². The largest absolute Gasteiger partial charge is 0.377 e. The molecule has 0 saturated carbocycles. The SMILES string of the molecule is CN(C)c1ccc(/C=C/c2cc[n+]3c(c2)-c2c(ccc4c2-c2cccc[n+]2CCC4)CCC3)c2ccccc12. The average Bonchev–Trinajstić information content (AvgIpc) is 3.27. The highest BCUT2D eigenvalue weighted by Gasteiger charge is 2.31. The molecule has 0 fully saturated rings. The van der Waals surface area contributed by atoms with Crippen LogP contribution in [-0.4, -0.2) is 14.1 Å². The van der Waals surface area contributed by atoms with E-state index in [4.69, 9.17) is 0 Å². The molecule has 0 bridgehead atoms. The van der Waals surface area contributed by atoms with Gasteiger partial charge in [0, 0.05) is 62.3 Å². The van der Waals surface area contributed by atoms with Crippen LogP contribution < -0.4 is 14.0 Å². The second-order valence-electron chi connectivity index (χ2n) is 11.1. The first-order valence-electron chi connectivity index (χ1n) is 14.2. The molecule has 2 aliphatic rings. The summed E-state index contributed by atoms with van der Waals surface area (Å²) in [6.07, 6.45) is 13.7. The quantitative estimate of drug-likeness (QED) is 0.241. The Bertz CT molecular complexity index is 1740. The number of rotatable bonds is 3. The van der Waals surface area contributed by atoms with Crippen molar-refractivity contribution in [1.82, 2.24) is 0 Å². The molecule has 0 amide bonds. The number of aryl methyl sites for hydroxylation is 4. The minimum atomic E-state index is 1.05. The van der Waals surface area contributed by atoms with Crippen molar-refractivity contribution < 1.29 is 9.13 Å². The first kappa shape index (κ1) is 23.8. The van der Waals surface area contributed by atoms with Crippen molar-refractivity contribution in [2.75, 3.05) is 19.0 Å². The predicted octanol–water partition coefficient (Wildman–Crippen LogP) is 6.88. The summed E-state index contributed by atoms with van der Waals surface area (Å²) < 4.78 is 4.93. The van der Waals surface area contributed by atoms with Gasteiger partial charge in [0.1, 0.15) is 13.1 Å². The Hall–Kier alpha value is -4.24. The molecule has 2 aromatic heterocycles. The smallest absolute Gasteiger partial charge is 0.214 e. The van der Waals surface area contributed by atoms with E-state index in [-0.39, 0.29) is 0 Å². The molecule has 4 heterocycles. The molecule has 3 nitrogen and oxygen atoms in total. The van der Waals surface area contributed by atoms with Crippen LogP contribution in [0.25, 0.3) is 45.4 Å². The Labute approximate surface area is 231 Å². The Balaban J connectivity index is 1.37. The number of hydrogen-bond donors (Lipinski definition) is 0. The normalized spacial score (nSPS) is 14.2. The average molecular weight is 510 g/mol. The van der Waals surface area contributed by atoms with Gasteiger partial charge in [0.25, 0.3) is 0 Å². The standard InChI is InChI=1S/C36H35N3/c1-37(2)32-19-18-27(30-11-3-4-12-31(30)32)15-14-26-20-24-39-23-8-10-29-17-16-28-9-7-22-38-21-6-5-13-33(38)35(28)36(29)34(39)25-26/h3-6,11-21,24-25H,7-10,22-23H2,1-2H3/q+2. The van der Waals surface area contributed by atoms with Gasteiger partial charge < -0.3 is 4.90 Å². The summed E-state index contributed by atoms with van der Waals surface area (Å²) in [5.41, 5.74) is 12.3. The maximum Gasteiger partial charge on any atom is 0.214 e. The van der Waals surface area contributed by atoms with Crippen molar-refractivity contribution >= 4 is 28.6 Å². The predicted molar refractivity (Wildman–Crippen MR) is 162 cm³/mol. The van der Waals surface area contributed by atoms with Crippen molar-refractivity contribution in [2.24, 2.45) is 0 Å². The molecule has 0 aliphatic carbocycles. The van der Waals surface area contributed by atoms with E-state index in [1.54, 1.807) is 0 Å². The Morgan fingerprint density at radius 2 is 1.33 bits per heavy atom. The highest BCUT2D eigenvalue weighted by atomic mass is 15.1. The zero-order valence-corrected chi connectivity index (χ0v) is 22.9. The number of fused-ring (bicyclic) bond motifs is 8. The zero-order chi connectivity index (χ0) is 26.3. The van der Waals surface area contributed by atoms with Crippen molar-refractivity contribution in [3.8, 4) is 22.5 Å². The lowest BCUT2D eigenvalue weighted by atomic mass is 9.88. The second-order valence-corrected chi connectivity index (χ2v) is 11.1. The minimum absolute atomic E-state index is 1.05. The van der Waals surface area contributed by atoms with Crippen molar-refractivity contribution in [1.29, 1.82) is 0 Å². The molecule has 3 aromatic carbocycles. The van der Waals surface area contributed by atoms with E-state index in [0.717, 1.165) is 32.4 Å². The molecule has 0 spiro atoms. The van der Waals surface area contributed by atoms with Gasteiger partial charge in [-0.3, -0.25) is 0 Å². The second kappa shape index (κ2) is 9.81. The zero-order valence-electron chi connectivity index (χ0n) is 22.9. The van der Waals surface area contributed by atoms with Gasteiger partial charge in [-0.15, -0.1) is 0 Å². The molecule has 0 unspecified atom stereocenters. The number of hydrogen-bond acceptors (Lipinski definition) is 1. The molecule has 0 N–H and O–H groups in total. The van der Waals surface area contributed by atoms with Gasteiger partial charge in [-0.2, -0.15) is 9.13 Å². The van der Waals surface area contributed by atoms with Gasteiger partial charge in [-0.25, -0.2) is 0 Å². The van der Waals surface area contributed by atoms with Gasteiger partial charge in [-0.1, -0.05) is 54.6 Å². The molecule has 7 rings (SSSR count). The fourth-order valence-corrected chi connectivity index (χ4v) is 6.56. The molecule has 192 valence electrons. The van der Waals surface area contributed by atoms with Gasteiger partial charge in [0.2, 0.25) is 11.4 Å². The lowest BCUT2D eigenvalue weighted by molar-refractivity contribution is -0.687. The first-order chi connectivity index (χ1) is 19.2. The fourth-order valence-electron chi connectivity index (χ4n) is 6.56. The number of aromatic nitrogens is 2. The van der Waals surface area contributed by atoms with Gasteiger partial charge in [0.05, 0.1) is 11.1 Å². The summed E-state index contributed by atoms with van der Waals surface area (Å²) >= 11 is 0. The lowest BCUT2D eigenvalue weighted by Crippen LogP contribution is -2.36. The fraction of sp³-hybridized carbons (Fsp3) is 0.222. The summed E-state index contributed by atoms with van der Waals surface area (Å²) in [5, 5.41) is 2.57. The molecule has 5 aromatic rings. The highest BCUT2D eigenvalue weighted by molar-refractivity contribution is 6.00. The summed E-state index contributed by atoms with van der Waals surface area (Å²) in [4.78, 5) is 2.19. The molecule has 2 aliphatic heterocycles. The lowest BCUT2D eigenvalue weighted by Gasteiger charge is -2.16. The molecule has 3 heteroatoms. The van der Waals surface area contributed by atoms with Crippen LogP contribution in [0, 0.1) is 0 Å². The monoisotopic (exact) mass is 509 g/mol. The molecule has 0 atom stereocenters. The van der Waals surface area contributed by atoms with Crippen molar-refractivity contribution in [3.05, 3.63) is 114 Å². The molecule has 0 saturated heterocycles. The van der Waals surface area contributed by atoms with E-state index in [2.05, 4.69) is 132 Å². The number of pyridine rings is 2. The number of anilines is 1. The minimum Gasteiger partial charge on any atom is -0.377 e. The van der Waals surface area contributed by atoms with E-state index >= 15 is 0 Å². The van der Waals surface area contributed by atoms with Crippen LogP contribution in [0.4, 0.5) is 5.69 Å². The Kier molecular flexibility index (Phi) is 6.00. The van der Waals surface area contributed by atoms with Gasteiger partial charge >= 0.3 is 0 Å². The molecular formula is C36H35N3+2. The Morgan fingerprint density at radius 3 is 2.10 bits per heavy atom. The molecular weight excluding hydrogens is 474 g/mol. The highest BCUT2D eigenvalue weighted by Crippen LogP contribution is 2.39. The first-order valence-corrected chi connectivity index (χ1v) is 14.2.